The molecule has 0 aliphatic carbocycles. The number of ether oxygens (including phenoxy) is 2. The zero-order chi connectivity index (χ0) is 18.0. The van der Waals surface area contributed by atoms with E-state index >= 15 is 0 Å². The highest BCUT2D eigenvalue weighted by Crippen LogP contribution is 2.43. The standard InChI is InChI=1S/C18H13ClN2O4/c1-24-14-7-5-11(6-8-14)17-15(10-20)16(18(25-17)21(22)23)12-3-2-4-13(19)9-12/h2-9,16,18H,1H3/t16-,18-/m0/s1. The molecule has 0 spiro atoms. The second-order valence-corrected chi connectivity index (χ2v) is 5.85. The van der Waals surface area contributed by atoms with Crippen molar-refractivity contribution >= 4 is 17.4 Å². The Balaban J connectivity index is 2.11. The summed E-state index contributed by atoms with van der Waals surface area (Å²) in [6.45, 7) is 0. The summed E-state index contributed by atoms with van der Waals surface area (Å²) in [7, 11) is 1.54. The van der Waals surface area contributed by atoms with Crippen molar-refractivity contribution in [3.8, 4) is 11.8 Å². The Morgan fingerprint density at radius 2 is 2.00 bits per heavy atom. The van der Waals surface area contributed by atoms with Crippen molar-refractivity contribution in [2.45, 2.75) is 12.1 Å². The summed E-state index contributed by atoms with van der Waals surface area (Å²) in [5.74, 6) is 0.0192. The molecule has 0 bridgehead atoms. The molecule has 126 valence electrons. The van der Waals surface area contributed by atoms with E-state index in [1.807, 2.05) is 0 Å². The minimum atomic E-state index is -1.38. The van der Waals surface area contributed by atoms with Crippen LogP contribution in [-0.2, 0) is 4.74 Å². The van der Waals surface area contributed by atoms with E-state index < -0.39 is 17.1 Å². The molecule has 0 saturated carbocycles. The van der Waals surface area contributed by atoms with Gasteiger partial charge in [0.2, 0.25) is 0 Å². The predicted octanol–water partition coefficient (Wildman–Crippen LogP) is 4.00. The van der Waals surface area contributed by atoms with Crippen LogP contribution < -0.4 is 4.74 Å². The van der Waals surface area contributed by atoms with Crippen LogP contribution in [0.3, 0.4) is 0 Å². The quantitative estimate of drug-likeness (QED) is 0.610. The number of nitrogens with zero attached hydrogens (tertiary/aromatic N) is 2. The molecule has 6 nitrogen and oxygen atoms in total. The number of hydrogen-bond acceptors (Lipinski definition) is 5. The van der Waals surface area contributed by atoms with Crippen LogP contribution in [0.1, 0.15) is 17.0 Å². The number of nitriles is 1. The first-order valence-corrected chi connectivity index (χ1v) is 7.77. The number of halogens is 1. The van der Waals surface area contributed by atoms with Crippen molar-refractivity contribution < 1.29 is 14.4 Å². The van der Waals surface area contributed by atoms with Crippen LogP contribution in [0.15, 0.2) is 54.1 Å². The molecule has 0 unspecified atom stereocenters. The second kappa shape index (κ2) is 6.83. The number of methoxy groups -OCH3 is 1. The van der Waals surface area contributed by atoms with Crippen molar-refractivity contribution in [2.75, 3.05) is 7.11 Å². The van der Waals surface area contributed by atoms with Gasteiger partial charge < -0.3 is 9.47 Å². The third kappa shape index (κ3) is 3.14. The molecule has 0 radical (unpaired) electrons. The first kappa shape index (κ1) is 16.8. The summed E-state index contributed by atoms with van der Waals surface area (Å²) < 4.78 is 10.7. The molecule has 0 fully saturated rings. The lowest BCUT2D eigenvalue weighted by molar-refractivity contribution is -0.567. The van der Waals surface area contributed by atoms with E-state index in [1.165, 1.54) is 0 Å². The second-order valence-electron chi connectivity index (χ2n) is 5.41. The third-order valence-electron chi connectivity index (χ3n) is 3.97. The van der Waals surface area contributed by atoms with Gasteiger partial charge in [0.25, 0.3) is 0 Å². The van der Waals surface area contributed by atoms with Crippen LogP contribution in [0.2, 0.25) is 5.02 Å². The molecular weight excluding hydrogens is 344 g/mol. The molecule has 0 aromatic heterocycles. The molecule has 1 aliphatic heterocycles. The summed E-state index contributed by atoms with van der Waals surface area (Å²) in [6.07, 6.45) is -1.38. The summed E-state index contributed by atoms with van der Waals surface area (Å²) in [5, 5.41) is 21.6. The van der Waals surface area contributed by atoms with E-state index in [1.54, 1.807) is 55.6 Å². The molecule has 2 aromatic rings. The van der Waals surface area contributed by atoms with Crippen LogP contribution in [0.25, 0.3) is 5.76 Å². The van der Waals surface area contributed by atoms with Crippen LogP contribution in [0.5, 0.6) is 5.75 Å². The lowest BCUT2D eigenvalue weighted by atomic mass is 9.90. The summed E-state index contributed by atoms with van der Waals surface area (Å²) in [6, 6.07) is 15.5. The van der Waals surface area contributed by atoms with Crippen molar-refractivity contribution in [3.63, 3.8) is 0 Å². The Morgan fingerprint density at radius 3 is 2.56 bits per heavy atom. The average molecular weight is 357 g/mol. The Bertz CT molecular complexity index is 887. The SMILES string of the molecule is COc1ccc(C2=C(C#N)[C@H](c3cccc(Cl)c3)[C@@H]([N+](=O)[O-])O2)cc1. The van der Waals surface area contributed by atoms with Crippen molar-refractivity contribution in [1.82, 2.24) is 0 Å². The van der Waals surface area contributed by atoms with Gasteiger partial charge in [0.1, 0.15) is 17.4 Å². The van der Waals surface area contributed by atoms with E-state index in [4.69, 9.17) is 21.1 Å². The maximum atomic E-state index is 11.5. The van der Waals surface area contributed by atoms with Crippen LogP contribution in [0, 0.1) is 21.4 Å². The molecule has 2 atom stereocenters. The zero-order valence-corrected chi connectivity index (χ0v) is 13.9. The maximum Gasteiger partial charge on any atom is 0.365 e. The van der Waals surface area contributed by atoms with Gasteiger partial charge in [-0.25, -0.2) is 0 Å². The van der Waals surface area contributed by atoms with E-state index in [0.29, 0.717) is 21.9 Å². The van der Waals surface area contributed by atoms with E-state index in [0.717, 1.165) is 0 Å². The van der Waals surface area contributed by atoms with Gasteiger partial charge in [0.05, 0.1) is 23.7 Å². The van der Waals surface area contributed by atoms with Crippen LogP contribution >= 0.6 is 11.6 Å². The van der Waals surface area contributed by atoms with Gasteiger partial charge in [-0.05, 0) is 42.0 Å². The molecule has 25 heavy (non-hydrogen) atoms. The van der Waals surface area contributed by atoms with E-state index in [-0.39, 0.29) is 11.3 Å². The molecule has 0 saturated heterocycles. The maximum absolute atomic E-state index is 11.5. The molecular formula is C18H13ClN2O4. The highest BCUT2D eigenvalue weighted by Gasteiger charge is 2.46. The number of benzene rings is 2. The zero-order valence-electron chi connectivity index (χ0n) is 13.2. The summed E-state index contributed by atoms with van der Waals surface area (Å²) in [5.41, 5.74) is 1.34. The largest absolute Gasteiger partial charge is 0.497 e. The molecule has 1 heterocycles. The number of nitro groups is 1. The van der Waals surface area contributed by atoms with Gasteiger partial charge in [-0.2, -0.15) is 5.26 Å². The summed E-state index contributed by atoms with van der Waals surface area (Å²) in [4.78, 5) is 11.0. The van der Waals surface area contributed by atoms with Gasteiger partial charge in [-0.1, -0.05) is 23.7 Å². The molecule has 3 rings (SSSR count). The van der Waals surface area contributed by atoms with E-state index in [2.05, 4.69) is 6.07 Å². The first-order valence-electron chi connectivity index (χ1n) is 7.39. The van der Waals surface area contributed by atoms with Crippen LogP contribution in [0.4, 0.5) is 0 Å². The fourth-order valence-electron chi connectivity index (χ4n) is 2.82. The molecule has 2 aromatic carbocycles. The Hall–Kier alpha value is -3.04. The smallest absolute Gasteiger partial charge is 0.365 e. The van der Waals surface area contributed by atoms with Gasteiger partial charge >= 0.3 is 6.23 Å². The van der Waals surface area contributed by atoms with Crippen molar-refractivity contribution in [1.29, 1.82) is 5.26 Å². The molecule has 1 aliphatic rings. The Morgan fingerprint density at radius 1 is 1.28 bits per heavy atom. The number of hydrogen-bond donors (Lipinski definition) is 0. The first-order chi connectivity index (χ1) is 12.0. The van der Waals surface area contributed by atoms with Crippen LogP contribution in [-0.4, -0.2) is 18.3 Å². The average Bonchev–Trinajstić information content (AvgIpc) is 3.01. The van der Waals surface area contributed by atoms with Crippen molar-refractivity contribution in [2.24, 2.45) is 0 Å². The normalized spacial score (nSPS) is 19.2. The van der Waals surface area contributed by atoms with Gasteiger partial charge in [0, 0.05) is 10.6 Å². The third-order valence-corrected chi connectivity index (χ3v) is 4.20. The Kier molecular flexibility index (Phi) is 4.59. The van der Waals surface area contributed by atoms with Gasteiger partial charge in [-0.3, -0.25) is 10.1 Å². The predicted molar refractivity (Wildman–Crippen MR) is 91.6 cm³/mol. The molecule has 0 amide bonds. The minimum Gasteiger partial charge on any atom is -0.497 e. The number of rotatable bonds is 4. The molecule has 0 N–H and O–H groups in total. The molecule has 7 heteroatoms. The monoisotopic (exact) mass is 356 g/mol. The van der Waals surface area contributed by atoms with E-state index in [9.17, 15) is 15.4 Å². The topological polar surface area (TPSA) is 85.4 Å². The lowest BCUT2D eigenvalue weighted by Gasteiger charge is -2.13. The lowest BCUT2D eigenvalue weighted by Crippen LogP contribution is -2.26. The van der Waals surface area contributed by atoms with Gasteiger partial charge in [0.15, 0.2) is 0 Å². The van der Waals surface area contributed by atoms with Gasteiger partial charge in [-0.15, -0.1) is 0 Å². The summed E-state index contributed by atoms with van der Waals surface area (Å²) >= 11 is 6.00. The Labute approximate surface area is 149 Å². The fourth-order valence-corrected chi connectivity index (χ4v) is 3.02. The highest BCUT2D eigenvalue weighted by molar-refractivity contribution is 6.30. The van der Waals surface area contributed by atoms with Crippen molar-refractivity contribution in [3.05, 3.63) is 80.4 Å². The fraction of sp³-hybridized carbons (Fsp3) is 0.167. The highest BCUT2D eigenvalue weighted by atomic mass is 35.5. The minimum absolute atomic E-state index is 0.203.